The molecular weight excluding hydrogens is 390 g/mol. The van der Waals surface area contributed by atoms with E-state index in [-0.39, 0.29) is 29.0 Å². The molecule has 0 bridgehead atoms. The van der Waals surface area contributed by atoms with Gasteiger partial charge in [0.2, 0.25) is 10.0 Å². The lowest BCUT2D eigenvalue weighted by Crippen LogP contribution is -2.48. The molecule has 0 amide bonds. The van der Waals surface area contributed by atoms with E-state index in [4.69, 9.17) is 0 Å². The van der Waals surface area contributed by atoms with Crippen LogP contribution in [0.4, 0.5) is 5.69 Å². The summed E-state index contributed by atoms with van der Waals surface area (Å²) in [6, 6.07) is 12.7. The van der Waals surface area contributed by atoms with Gasteiger partial charge in [0.05, 0.1) is 15.9 Å². The summed E-state index contributed by atoms with van der Waals surface area (Å²) in [5, 5.41) is 14.0. The quantitative estimate of drug-likeness (QED) is 0.603. The number of sulfonamides is 1. The van der Waals surface area contributed by atoms with Gasteiger partial charge in [-0.1, -0.05) is 31.2 Å². The number of hydrogen-bond acceptors (Lipinski definition) is 5. The number of nitrogens with one attached hydrogen (secondary N) is 1. The van der Waals surface area contributed by atoms with Crippen molar-refractivity contribution in [3.8, 4) is 0 Å². The van der Waals surface area contributed by atoms with Crippen molar-refractivity contribution in [1.82, 2.24) is 9.62 Å². The fourth-order valence-corrected chi connectivity index (χ4v) is 4.72. The largest absolute Gasteiger partial charge is 0.313 e. The van der Waals surface area contributed by atoms with E-state index in [0.29, 0.717) is 19.6 Å². The second kappa shape index (κ2) is 8.79. The lowest BCUT2D eigenvalue weighted by Gasteiger charge is -2.35. The third-order valence-electron chi connectivity index (χ3n) is 4.62. The highest BCUT2D eigenvalue weighted by molar-refractivity contribution is 7.89. The summed E-state index contributed by atoms with van der Waals surface area (Å²) < 4.78 is 27.7. The molecule has 1 aliphatic rings. The van der Waals surface area contributed by atoms with Gasteiger partial charge in [-0.15, -0.1) is 12.4 Å². The number of nitro groups is 1. The van der Waals surface area contributed by atoms with Crippen LogP contribution in [0.25, 0.3) is 0 Å². The third-order valence-corrected chi connectivity index (χ3v) is 6.54. The van der Waals surface area contributed by atoms with Crippen LogP contribution in [0.5, 0.6) is 0 Å². The minimum absolute atomic E-state index is 0. The maximum Gasteiger partial charge on any atom is 0.269 e. The molecule has 9 heteroatoms. The number of non-ortho nitro benzene ring substituents is 1. The number of nitro benzene ring substituents is 1. The monoisotopic (exact) mass is 411 g/mol. The molecule has 146 valence electrons. The van der Waals surface area contributed by atoms with Gasteiger partial charge in [0.25, 0.3) is 5.69 Å². The van der Waals surface area contributed by atoms with E-state index in [1.807, 2.05) is 24.3 Å². The van der Waals surface area contributed by atoms with Gasteiger partial charge in [-0.05, 0) is 29.7 Å². The van der Waals surface area contributed by atoms with Crippen molar-refractivity contribution in [3.63, 3.8) is 0 Å². The molecule has 1 atom stereocenters. The number of piperazine rings is 1. The molecule has 1 aliphatic heterocycles. The van der Waals surface area contributed by atoms with Crippen LogP contribution < -0.4 is 5.32 Å². The van der Waals surface area contributed by atoms with Crippen LogP contribution in [0.2, 0.25) is 0 Å². The van der Waals surface area contributed by atoms with Crippen molar-refractivity contribution in [1.29, 1.82) is 0 Å². The maximum absolute atomic E-state index is 13.1. The third kappa shape index (κ3) is 4.47. The Morgan fingerprint density at radius 1 is 1.15 bits per heavy atom. The summed E-state index contributed by atoms with van der Waals surface area (Å²) in [5.41, 5.74) is 2.00. The SMILES string of the molecule is CCc1ccc(C2CNCCN2S(=O)(=O)c2ccc([N+](=O)[O-])cc2)cc1.Cl. The molecule has 1 unspecified atom stereocenters. The van der Waals surface area contributed by atoms with E-state index in [1.165, 1.54) is 34.1 Å². The number of aryl methyl sites for hydroxylation is 1. The fraction of sp³-hybridized carbons (Fsp3) is 0.333. The predicted octanol–water partition coefficient (Wildman–Crippen LogP) is 2.91. The summed E-state index contributed by atoms with van der Waals surface area (Å²) in [5.74, 6) is 0. The number of benzene rings is 2. The molecule has 0 aromatic heterocycles. The zero-order valence-electron chi connectivity index (χ0n) is 14.9. The first-order chi connectivity index (χ1) is 12.4. The molecule has 7 nitrogen and oxygen atoms in total. The number of hydrogen-bond donors (Lipinski definition) is 1. The standard InChI is InChI=1S/C18H21N3O4S.ClH/c1-2-14-3-5-15(6-4-14)18-13-19-11-12-20(18)26(24,25)17-9-7-16(8-10-17)21(22)23;/h3-10,18-19H,2,11-13H2,1H3;1H. The molecule has 1 fully saturated rings. The molecule has 27 heavy (non-hydrogen) atoms. The second-order valence-electron chi connectivity index (χ2n) is 6.18. The average molecular weight is 412 g/mol. The summed E-state index contributed by atoms with van der Waals surface area (Å²) >= 11 is 0. The summed E-state index contributed by atoms with van der Waals surface area (Å²) in [7, 11) is -3.75. The molecular formula is C18H22ClN3O4S. The van der Waals surface area contributed by atoms with Crippen molar-refractivity contribution in [2.24, 2.45) is 0 Å². The summed E-state index contributed by atoms with van der Waals surface area (Å²) in [4.78, 5) is 10.3. The van der Waals surface area contributed by atoms with Crippen LogP contribution in [0, 0.1) is 10.1 Å². The van der Waals surface area contributed by atoms with Gasteiger partial charge in [-0.25, -0.2) is 8.42 Å². The lowest BCUT2D eigenvalue weighted by molar-refractivity contribution is -0.384. The highest BCUT2D eigenvalue weighted by atomic mass is 35.5. The van der Waals surface area contributed by atoms with E-state index in [0.717, 1.165) is 12.0 Å². The van der Waals surface area contributed by atoms with Gasteiger partial charge < -0.3 is 5.32 Å². The molecule has 0 radical (unpaired) electrons. The van der Waals surface area contributed by atoms with E-state index < -0.39 is 14.9 Å². The normalized spacial score (nSPS) is 17.9. The van der Waals surface area contributed by atoms with E-state index >= 15 is 0 Å². The van der Waals surface area contributed by atoms with Gasteiger partial charge in [-0.2, -0.15) is 4.31 Å². The van der Waals surface area contributed by atoms with Crippen LogP contribution >= 0.6 is 12.4 Å². The molecule has 1 heterocycles. The number of halogens is 1. The van der Waals surface area contributed by atoms with Crippen LogP contribution in [0.1, 0.15) is 24.1 Å². The van der Waals surface area contributed by atoms with Gasteiger partial charge >= 0.3 is 0 Å². The van der Waals surface area contributed by atoms with Crippen molar-refractivity contribution in [2.45, 2.75) is 24.3 Å². The second-order valence-corrected chi connectivity index (χ2v) is 8.07. The van der Waals surface area contributed by atoms with Crippen molar-refractivity contribution in [2.75, 3.05) is 19.6 Å². The molecule has 3 rings (SSSR count). The first-order valence-corrected chi connectivity index (χ1v) is 9.93. The lowest BCUT2D eigenvalue weighted by atomic mass is 10.0. The molecule has 2 aromatic carbocycles. The molecule has 2 aromatic rings. The minimum atomic E-state index is -3.75. The van der Waals surface area contributed by atoms with Gasteiger partial charge in [0, 0.05) is 31.8 Å². The van der Waals surface area contributed by atoms with Crippen LogP contribution in [0.3, 0.4) is 0 Å². The van der Waals surface area contributed by atoms with Crippen LogP contribution in [-0.2, 0) is 16.4 Å². The summed E-state index contributed by atoms with van der Waals surface area (Å²) in [6.07, 6.45) is 0.925. The molecule has 0 saturated carbocycles. The highest BCUT2D eigenvalue weighted by Crippen LogP contribution is 2.29. The topological polar surface area (TPSA) is 92.6 Å². The Morgan fingerprint density at radius 2 is 1.78 bits per heavy atom. The van der Waals surface area contributed by atoms with Gasteiger partial charge in [-0.3, -0.25) is 10.1 Å². The Balaban J connectivity index is 0.00000261. The first-order valence-electron chi connectivity index (χ1n) is 8.49. The molecule has 1 saturated heterocycles. The van der Waals surface area contributed by atoms with E-state index in [1.54, 1.807) is 0 Å². The Kier molecular flexibility index (Phi) is 6.94. The summed E-state index contributed by atoms with van der Waals surface area (Å²) in [6.45, 7) is 3.51. The molecule has 1 N–H and O–H groups in total. The Bertz CT molecular complexity index is 886. The predicted molar refractivity (Wildman–Crippen MR) is 106 cm³/mol. The van der Waals surface area contributed by atoms with Gasteiger partial charge in [0.15, 0.2) is 0 Å². The van der Waals surface area contributed by atoms with E-state index in [9.17, 15) is 18.5 Å². The average Bonchev–Trinajstić information content (AvgIpc) is 2.68. The fourth-order valence-electron chi connectivity index (χ4n) is 3.11. The Labute approximate surface area is 165 Å². The smallest absolute Gasteiger partial charge is 0.269 e. The Hall–Kier alpha value is -2.00. The van der Waals surface area contributed by atoms with Crippen LogP contribution in [-0.4, -0.2) is 37.3 Å². The first kappa shape index (κ1) is 21.3. The number of nitrogens with zero attached hydrogens (tertiary/aromatic N) is 2. The highest BCUT2D eigenvalue weighted by Gasteiger charge is 2.34. The van der Waals surface area contributed by atoms with Gasteiger partial charge in [0.1, 0.15) is 0 Å². The number of rotatable bonds is 5. The zero-order valence-corrected chi connectivity index (χ0v) is 16.5. The molecule has 0 spiro atoms. The van der Waals surface area contributed by atoms with Crippen molar-refractivity contribution < 1.29 is 13.3 Å². The minimum Gasteiger partial charge on any atom is -0.313 e. The van der Waals surface area contributed by atoms with E-state index in [2.05, 4.69) is 12.2 Å². The van der Waals surface area contributed by atoms with Crippen molar-refractivity contribution in [3.05, 3.63) is 69.8 Å². The molecule has 0 aliphatic carbocycles. The zero-order chi connectivity index (χ0) is 18.7. The maximum atomic E-state index is 13.1. The van der Waals surface area contributed by atoms with Crippen molar-refractivity contribution >= 4 is 28.1 Å². The Morgan fingerprint density at radius 3 is 2.33 bits per heavy atom. The van der Waals surface area contributed by atoms with Crippen LogP contribution in [0.15, 0.2) is 53.4 Å².